The summed E-state index contributed by atoms with van der Waals surface area (Å²) in [5, 5.41) is 9.81. The molecule has 0 amide bonds. The first-order valence-corrected chi connectivity index (χ1v) is 10.9. The maximum absolute atomic E-state index is 4.67. The number of nitrogens with one attached hydrogen (secondary N) is 1. The van der Waals surface area contributed by atoms with Gasteiger partial charge in [-0.15, -0.1) is 10.2 Å². The Labute approximate surface area is 180 Å². The highest BCUT2D eigenvalue weighted by atomic mass is 79.9. The topological polar surface area (TPSA) is 59.4 Å². The summed E-state index contributed by atoms with van der Waals surface area (Å²) >= 11 is 5.16. The number of imidazole rings is 1. The SMILES string of the molecule is Brc1cccc(-c2nnc(SCc3nc4ccccc4[nH]3)n2-c2ccccc2)c1. The van der Waals surface area contributed by atoms with E-state index in [4.69, 9.17) is 0 Å². The Kier molecular flexibility index (Phi) is 4.91. The van der Waals surface area contributed by atoms with Gasteiger partial charge in [0.05, 0.1) is 16.8 Å². The fraction of sp³-hybridized carbons (Fsp3) is 0.0455. The van der Waals surface area contributed by atoms with Crippen LogP contribution in [0.1, 0.15) is 5.82 Å². The summed E-state index contributed by atoms with van der Waals surface area (Å²) in [7, 11) is 0. The van der Waals surface area contributed by atoms with Crippen LogP contribution in [0.3, 0.4) is 0 Å². The van der Waals surface area contributed by atoms with Gasteiger partial charge in [0.15, 0.2) is 11.0 Å². The molecule has 7 heteroatoms. The Balaban J connectivity index is 1.52. The quantitative estimate of drug-likeness (QED) is 0.332. The standard InChI is InChI=1S/C22H16BrN5S/c23-16-8-6-7-15(13-16)21-26-27-22(28(21)17-9-2-1-3-10-17)29-14-20-24-18-11-4-5-12-19(18)25-20/h1-13H,14H2,(H,24,25). The number of nitrogens with zero attached hydrogens (tertiary/aromatic N) is 4. The molecule has 29 heavy (non-hydrogen) atoms. The van der Waals surface area contributed by atoms with Crippen LogP contribution in [0.15, 0.2) is 88.5 Å². The number of hydrogen-bond donors (Lipinski definition) is 1. The van der Waals surface area contributed by atoms with E-state index in [1.165, 1.54) is 0 Å². The number of rotatable bonds is 5. The van der Waals surface area contributed by atoms with Gasteiger partial charge in [-0.05, 0) is 36.4 Å². The van der Waals surface area contributed by atoms with Crippen LogP contribution >= 0.6 is 27.7 Å². The first-order chi connectivity index (χ1) is 14.3. The Morgan fingerprint density at radius 1 is 0.897 bits per heavy atom. The van der Waals surface area contributed by atoms with Gasteiger partial charge < -0.3 is 4.98 Å². The van der Waals surface area contributed by atoms with Crippen LogP contribution in [0, 0.1) is 0 Å². The molecule has 0 aliphatic rings. The average Bonchev–Trinajstić information content (AvgIpc) is 3.36. The van der Waals surface area contributed by atoms with Crippen molar-refractivity contribution in [1.29, 1.82) is 0 Å². The lowest BCUT2D eigenvalue weighted by Crippen LogP contribution is -1.99. The van der Waals surface area contributed by atoms with Gasteiger partial charge in [-0.25, -0.2) is 4.98 Å². The van der Waals surface area contributed by atoms with Gasteiger partial charge >= 0.3 is 0 Å². The minimum Gasteiger partial charge on any atom is -0.341 e. The fourth-order valence-corrected chi connectivity index (χ4v) is 4.42. The number of aromatic amines is 1. The van der Waals surface area contributed by atoms with Crippen molar-refractivity contribution in [3.05, 3.63) is 89.2 Å². The second kappa shape index (κ2) is 7.85. The summed E-state index contributed by atoms with van der Waals surface area (Å²) in [4.78, 5) is 8.04. The predicted octanol–water partition coefficient (Wildman–Crippen LogP) is 5.87. The van der Waals surface area contributed by atoms with Crippen molar-refractivity contribution >= 4 is 38.7 Å². The van der Waals surface area contributed by atoms with Crippen LogP contribution in [0.2, 0.25) is 0 Å². The highest BCUT2D eigenvalue weighted by molar-refractivity contribution is 9.10. The van der Waals surface area contributed by atoms with Crippen molar-refractivity contribution in [1.82, 2.24) is 24.7 Å². The number of halogens is 1. The van der Waals surface area contributed by atoms with Gasteiger partial charge in [-0.2, -0.15) is 0 Å². The van der Waals surface area contributed by atoms with Crippen molar-refractivity contribution < 1.29 is 0 Å². The van der Waals surface area contributed by atoms with E-state index in [0.29, 0.717) is 5.75 Å². The molecule has 0 radical (unpaired) electrons. The zero-order valence-electron chi connectivity index (χ0n) is 15.3. The molecule has 5 rings (SSSR count). The van der Waals surface area contributed by atoms with Crippen molar-refractivity contribution in [3.8, 4) is 17.1 Å². The Morgan fingerprint density at radius 2 is 1.72 bits per heavy atom. The largest absolute Gasteiger partial charge is 0.341 e. The van der Waals surface area contributed by atoms with Crippen LogP contribution in [-0.4, -0.2) is 24.7 Å². The summed E-state index contributed by atoms with van der Waals surface area (Å²) in [6.45, 7) is 0. The maximum atomic E-state index is 4.67. The Hall–Kier alpha value is -2.90. The van der Waals surface area contributed by atoms with Crippen molar-refractivity contribution in [2.45, 2.75) is 10.9 Å². The molecule has 5 aromatic rings. The third-order valence-electron chi connectivity index (χ3n) is 4.51. The third kappa shape index (κ3) is 3.71. The lowest BCUT2D eigenvalue weighted by molar-refractivity contribution is 0.884. The molecule has 0 saturated heterocycles. The highest BCUT2D eigenvalue weighted by Crippen LogP contribution is 2.30. The molecule has 0 atom stereocenters. The Morgan fingerprint density at radius 3 is 2.55 bits per heavy atom. The number of H-pyrrole nitrogens is 1. The molecule has 5 nitrogen and oxygen atoms in total. The zero-order valence-corrected chi connectivity index (χ0v) is 17.7. The summed E-state index contributed by atoms with van der Waals surface area (Å²) in [5.74, 6) is 2.41. The normalized spacial score (nSPS) is 11.2. The van der Waals surface area contributed by atoms with Crippen molar-refractivity contribution in [2.75, 3.05) is 0 Å². The minimum absolute atomic E-state index is 0.679. The molecular weight excluding hydrogens is 446 g/mol. The molecule has 2 heterocycles. The minimum atomic E-state index is 0.679. The van der Waals surface area contributed by atoms with E-state index in [2.05, 4.69) is 58.9 Å². The van der Waals surface area contributed by atoms with Crippen molar-refractivity contribution in [2.24, 2.45) is 0 Å². The molecule has 0 aliphatic carbocycles. The molecule has 2 aromatic heterocycles. The molecular formula is C22H16BrN5S. The summed E-state index contributed by atoms with van der Waals surface area (Å²) < 4.78 is 3.10. The number of benzene rings is 3. The van der Waals surface area contributed by atoms with Gasteiger partial charge in [0.2, 0.25) is 0 Å². The average molecular weight is 462 g/mol. The molecule has 1 N–H and O–H groups in total. The van der Waals surface area contributed by atoms with Crippen LogP contribution in [0.25, 0.3) is 28.1 Å². The van der Waals surface area contributed by atoms with E-state index in [9.17, 15) is 0 Å². The molecule has 0 saturated carbocycles. The smallest absolute Gasteiger partial charge is 0.196 e. The number of fused-ring (bicyclic) bond motifs is 1. The van der Waals surface area contributed by atoms with Gasteiger partial charge in [-0.3, -0.25) is 4.57 Å². The van der Waals surface area contributed by atoms with E-state index < -0.39 is 0 Å². The molecule has 3 aromatic carbocycles. The van der Waals surface area contributed by atoms with Gasteiger partial charge in [-0.1, -0.05) is 70.2 Å². The number of thioether (sulfide) groups is 1. The van der Waals surface area contributed by atoms with Crippen LogP contribution in [0.4, 0.5) is 0 Å². The Bertz CT molecular complexity index is 1250. The second-order valence-corrected chi connectivity index (χ2v) is 8.33. The maximum Gasteiger partial charge on any atom is 0.196 e. The van der Waals surface area contributed by atoms with Gasteiger partial charge in [0.25, 0.3) is 0 Å². The predicted molar refractivity (Wildman–Crippen MR) is 120 cm³/mol. The van der Waals surface area contributed by atoms with E-state index in [-0.39, 0.29) is 0 Å². The molecule has 0 aliphatic heterocycles. The highest BCUT2D eigenvalue weighted by Gasteiger charge is 2.17. The number of aromatic nitrogens is 5. The summed E-state index contributed by atoms with van der Waals surface area (Å²) in [6, 6.07) is 26.3. The monoisotopic (exact) mass is 461 g/mol. The zero-order chi connectivity index (χ0) is 19.6. The van der Waals surface area contributed by atoms with E-state index >= 15 is 0 Å². The van der Waals surface area contributed by atoms with E-state index in [0.717, 1.165) is 43.6 Å². The first kappa shape index (κ1) is 18.1. The van der Waals surface area contributed by atoms with E-state index in [1.807, 2.05) is 60.7 Å². The number of hydrogen-bond acceptors (Lipinski definition) is 4. The molecule has 0 bridgehead atoms. The van der Waals surface area contributed by atoms with Crippen LogP contribution < -0.4 is 0 Å². The van der Waals surface area contributed by atoms with Crippen molar-refractivity contribution in [3.63, 3.8) is 0 Å². The van der Waals surface area contributed by atoms with Gasteiger partial charge in [0, 0.05) is 15.7 Å². The van der Waals surface area contributed by atoms with Crippen LogP contribution in [-0.2, 0) is 5.75 Å². The lowest BCUT2D eigenvalue weighted by atomic mass is 10.2. The number of para-hydroxylation sites is 3. The second-order valence-electron chi connectivity index (χ2n) is 6.48. The van der Waals surface area contributed by atoms with Gasteiger partial charge in [0.1, 0.15) is 5.82 Å². The molecule has 0 fully saturated rings. The van der Waals surface area contributed by atoms with Crippen LogP contribution in [0.5, 0.6) is 0 Å². The fourth-order valence-electron chi connectivity index (χ4n) is 3.19. The first-order valence-electron chi connectivity index (χ1n) is 9.11. The summed E-state index contributed by atoms with van der Waals surface area (Å²) in [6.07, 6.45) is 0. The third-order valence-corrected chi connectivity index (χ3v) is 5.94. The molecule has 0 unspecified atom stereocenters. The summed E-state index contributed by atoms with van der Waals surface area (Å²) in [5.41, 5.74) is 4.05. The molecule has 142 valence electrons. The molecule has 0 spiro atoms. The van der Waals surface area contributed by atoms with E-state index in [1.54, 1.807) is 11.8 Å². The lowest BCUT2D eigenvalue weighted by Gasteiger charge is -2.10.